The van der Waals surface area contributed by atoms with Crippen LogP contribution < -0.4 is 5.73 Å². The molecule has 2 N–H and O–H groups in total. The summed E-state index contributed by atoms with van der Waals surface area (Å²) in [5.41, 5.74) is 10.5. The number of rotatable bonds is 3. The van der Waals surface area contributed by atoms with E-state index in [0.717, 1.165) is 12.2 Å². The van der Waals surface area contributed by atoms with Gasteiger partial charge >= 0.3 is 0 Å². The molecule has 0 bridgehead atoms. The molecular weight excluding hydrogens is 228 g/mol. The molecule has 0 fully saturated rings. The second kappa shape index (κ2) is 4.72. The summed E-state index contributed by atoms with van der Waals surface area (Å²) in [5.74, 6) is 0. The van der Waals surface area contributed by atoms with Gasteiger partial charge in [0.25, 0.3) is 0 Å². The largest absolute Gasteiger partial charge is 0.388 e. The number of benzene rings is 1. The monoisotopic (exact) mass is 244 g/mol. The van der Waals surface area contributed by atoms with Gasteiger partial charge in [-0.3, -0.25) is 0 Å². The fourth-order valence-corrected chi connectivity index (χ4v) is 2.12. The molecule has 2 rings (SSSR count). The lowest BCUT2D eigenvalue weighted by Crippen LogP contribution is -2.16. The third-order valence-electron chi connectivity index (χ3n) is 2.93. The topological polar surface area (TPSA) is 30.9 Å². The lowest BCUT2D eigenvalue weighted by Gasteiger charge is -2.11. The van der Waals surface area contributed by atoms with Crippen molar-refractivity contribution in [2.75, 3.05) is 0 Å². The molecule has 0 saturated carbocycles. The van der Waals surface area contributed by atoms with Crippen LogP contribution in [-0.2, 0) is 6.54 Å². The summed E-state index contributed by atoms with van der Waals surface area (Å²) in [6, 6.07) is 10.4. The minimum Gasteiger partial charge on any atom is -0.388 e. The SMILES string of the molecule is Cc1ccc(C)c(Cn2cccc2C(N)=S)c1. The van der Waals surface area contributed by atoms with E-state index in [9.17, 15) is 0 Å². The highest BCUT2D eigenvalue weighted by atomic mass is 32.1. The number of nitrogens with zero attached hydrogens (tertiary/aromatic N) is 1. The van der Waals surface area contributed by atoms with E-state index in [1.54, 1.807) is 0 Å². The first kappa shape index (κ1) is 11.9. The molecular formula is C14H16N2S. The molecule has 2 aromatic rings. The molecule has 0 unspecified atom stereocenters. The van der Waals surface area contributed by atoms with Crippen LogP contribution in [0.15, 0.2) is 36.5 Å². The van der Waals surface area contributed by atoms with Gasteiger partial charge in [-0.1, -0.05) is 36.0 Å². The van der Waals surface area contributed by atoms with Crippen molar-refractivity contribution in [1.29, 1.82) is 0 Å². The van der Waals surface area contributed by atoms with Crippen LogP contribution >= 0.6 is 12.2 Å². The molecule has 0 saturated heterocycles. The summed E-state index contributed by atoms with van der Waals surface area (Å²) >= 11 is 5.04. The van der Waals surface area contributed by atoms with Gasteiger partial charge in [0.2, 0.25) is 0 Å². The minimum atomic E-state index is 0.445. The highest BCUT2D eigenvalue weighted by molar-refractivity contribution is 7.80. The maximum absolute atomic E-state index is 5.69. The molecule has 0 spiro atoms. The predicted molar refractivity (Wildman–Crippen MR) is 75.3 cm³/mol. The lowest BCUT2D eigenvalue weighted by atomic mass is 10.1. The second-order valence-electron chi connectivity index (χ2n) is 4.32. The summed E-state index contributed by atoms with van der Waals surface area (Å²) in [7, 11) is 0. The molecule has 0 amide bonds. The Labute approximate surface area is 107 Å². The fraction of sp³-hybridized carbons (Fsp3) is 0.214. The van der Waals surface area contributed by atoms with Crippen molar-refractivity contribution >= 4 is 17.2 Å². The van der Waals surface area contributed by atoms with Gasteiger partial charge < -0.3 is 10.3 Å². The molecule has 0 aliphatic carbocycles. The zero-order valence-electron chi connectivity index (χ0n) is 10.1. The van der Waals surface area contributed by atoms with Gasteiger partial charge in [0.05, 0.1) is 5.69 Å². The van der Waals surface area contributed by atoms with Crippen LogP contribution in [0.4, 0.5) is 0 Å². The summed E-state index contributed by atoms with van der Waals surface area (Å²) in [5, 5.41) is 0. The number of hydrogen-bond donors (Lipinski definition) is 1. The first-order chi connectivity index (χ1) is 8.08. The van der Waals surface area contributed by atoms with Crippen molar-refractivity contribution in [2.45, 2.75) is 20.4 Å². The predicted octanol–water partition coefficient (Wildman–Crippen LogP) is 2.79. The summed E-state index contributed by atoms with van der Waals surface area (Å²) < 4.78 is 2.09. The molecule has 3 heteroatoms. The summed E-state index contributed by atoms with van der Waals surface area (Å²) in [4.78, 5) is 0.445. The average Bonchev–Trinajstić information content (AvgIpc) is 2.71. The van der Waals surface area contributed by atoms with Gasteiger partial charge in [-0.2, -0.15) is 0 Å². The van der Waals surface area contributed by atoms with E-state index in [4.69, 9.17) is 18.0 Å². The Morgan fingerprint density at radius 1 is 1.29 bits per heavy atom. The average molecular weight is 244 g/mol. The third kappa shape index (κ3) is 2.56. The van der Waals surface area contributed by atoms with Crippen molar-refractivity contribution in [2.24, 2.45) is 5.73 Å². The van der Waals surface area contributed by atoms with Crippen molar-refractivity contribution in [3.8, 4) is 0 Å². The molecule has 88 valence electrons. The smallest absolute Gasteiger partial charge is 0.120 e. The highest BCUT2D eigenvalue weighted by Crippen LogP contribution is 2.14. The number of nitrogens with two attached hydrogens (primary N) is 1. The van der Waals surface area contributed by atoms with Crippen LogP contribution in [-0.4, -0.2) is 9.56 Å². The Morgan fingerprint density at radius 3 is 2.76 bits per heavy atom. The van der Waals surface area contributed by atoms with Crippen LogP contribution in [0.3, 0.4) is 0 Å². The second-order valence-corrected chi connectivity index (χ2v) is 4.76. The van der Waals surface area contributed by atoms with E-state index in [2.05, 4.69) is 36.6 Å². The maximum Gasteiger partial charge on any atom is 0.120 e. The Bertz CT molecular complexity index is 555. The highest BCUT2D eigenvalue weighted by Gasteiger charge is 2.05. The normalized spacial score (nSPS) is 10.5. The van der Waals surface area contributed by atoms with Crippen molar-refractivity contribution in [3.63, 3.8) is 0 Å². The van der Waals surface area contributed by atoms with Crippen LogP contribution in [0.25, 0.3) is 0 Å². The van der Waals surface area contributed by atoms with Crippen molar-refractivity contribution < 1.29 is 0 Å². The van der Waals surface area contributed by atoms with Crippen LogP contribution in [0, 0.1) is 13.8 Å². The molecule has 0 aliphatic heterocycles. The van der Waals surface area contributed by atoms with Gasteiger partial charge in [0.15, 0.2) is 0 Å². The van der Waals surface area contributed by atoms with E-state index < -0.39 is 0 Å². The maximum atomic E-state index is 5.69. The fourth-order valence-electron chi connectivity index (χ4n) is 1.93. The Morgan fingerprint density at radius 2 is 2.06 bits per heavy atom. The molecule has 1 aromatic heterocycles. The van der Waals surface area contributed by atoms with E-state index in [1.165, 1.54) is 16.7 Å². The molecule has 0 aliphatic rings. The van der Waals surface area contributed by atoms with Crippen LogP contribution in [0.1, 0.15) is 22.4 Å². The molecule has 1 aromatic carbocycles. The number of aromatic nitrogens is 1. The van der Waals surface area contributed by atoms with E-state index in [1.807, 2.05) is 18.3 Å². The van der Waals surface area contributed by atoms with Gasteiger partial charge in [0.1, 0.15) is 4.99 Å². The number of hydrogen-bond acceptors (Lipinski definition) is 1. The molecule has 0 radical (unpaired) electrons. The zero-order valence-corrected chi connectivity index (χ0v) is 10.9. The van der Waals surface area contributed by atoms with Crippen molar-refractivity contribution in [1.82, 2.24) is 4.57 Å². The Hall–Kier alpha value is -1.61. The van der Waals surface area contributed by atoms with E-state index in [-0.39, 0.29) is 0 Å². The van der Waals surface area contributed by atoms with Gasteiger partial charge in [-0.15, -0.1) is 0 Å². The number of thiocarbonyl (C=S) groups is 1. The Balaban J connectivity index is 2.34. The van der Waals surface area contributed by atoms with Gasteiger partial charge in [-0.25, -0.2) is 0 Å². The molecule has 0 atom stereocenters. The van der Waals surface area contributed by atoms with Gasteiger partial charge in [-0.05, 0) is 37.1 Å². The lowest BCUT2D eigenvalue weighted by molar-refractivity contribution is 0.792. The number of aryl methyl sites for hydroxylation is 2. The quantitative estimate of drug-likeness (QED) is 0.842. The zero-order chi connectivity index (χ0) is 12.4. The van der Waals surface area contributed by atoms with E-state index >= 15 is 0 Å². The first-order valence-corrected chi connectivity index (χ1v) is 6.00. The van der Waals surface area contributed by atoms with E-state index in [0.29, 0.717) is 4.99 Å². The first-order valence-electron chi connectivity index (χ1n) is 5.59. The summed E-state index contributed by atoms with van der Waals surface area (Å²) in [6.07, 6.45) is 2.01. The third-order valence-corrected chi connectivity index (χ3v) is 3.14. The van der Waals surface area contributed by atoms with Crippen molar-refractivity contribution in [3.05, 3.63) is 58.9 Å². The van der Waals surface area contributed by atoms with Crippen LogP contribution in [0.2, 0.25) is 0 Å². The summed E-state index contributed by atoms with van der Waals surface area (Å²) in [6.45, 7) is 5.04. The molecule has 1 heterocycles. The molecule has 2 nitrogen and oxygen atoms in total. The minimum absolute atomic E-state index is 0.445. The Kier molecular flexibility index (Phi) is 3.29. The van der Waals surface area contributed by atoms with Crippen LogP contribution in [0.5, 0.6) is 0 Å². The standard InChI is InChI=1S/C14H16N2S/c1-10-5-6-11(2)12(8-10)9-16-7-3-4-13(16)14(15)17/h3-8H,9H2,1-2H3,(H2,15,17). The van der Waals surface area contributed by atoms with Gasteiger partial charge in [0, 0.05) is 12.7 Å². The molecule has 17 heavy (non-hydrogen) atoms.